The van der Waals surface area contributed by atoms with E-state index in [1.807, 2.05) is 57.2 Å². The maximum absolute atomic E-state index is 11.5. The zero-order chi connectivity index (χ0) is 26.0. The molecule has 4 aromatic rings. The minimum atomic E-state index is -3.17. The molecule has 0 aliphatic heterocycles. The van der Waals surface area contributed by atoms with Crippen LogP contribution in [0.4, 0.5) is 5.82 Å². The molecule has 10 nitrogen and oxygen atoms in total. The molecule has 0 atom stereocenters. The average molecular weight is 521 g/mol. The van der Waals surface area contributed by atoms with Crippen LogP contribution >= 0.6 is 0 Å². The van der Waals surface area contributed by atoms with Crippen molar-refractivity contribution in [3.05, 3.63) is 55.2 Å². The molecule has 1 aliphatic rings. The number of hydrogen-bond acceptors (Lipinski definition) is 7. The number of hydrogen-bond donors (Lipinski definition) is 2. The van der Waals surface area contributed by atoms with Crippen LogP contribution in [0, 0.1) is 5.92 Å². The quantitative estimate of drug-likeness (QED) is 0.365. The lowest BCUT2D eigenvalue weighted by atomic mass is 9.86. The van der Waals surface area contributed by atoms with Crippen molar-refractivity contribution in [3.63, 3.8) is 0 Å². The first-order valence-electron chi connectivity index (χ1n) is 12.4. The number of sulfonamides is 1. The zero-order valence-electron chi connectivity index (χ0n) is 21.3. The first kappa shape index (κ1) is 25.1. The van der Waals surface area contributed by atoms with E-state index >= 15 is 0 Å². The Morgan fingerprint density at radius 2 is 1.59 bits per heavy atom. The van der Waals surface area contributed by atoms with E-state index in [0.717, 1.165) is 59.3 Å². The van der Waals surface area contributed by atoms with Crippen LogP contribution in [0.15, 0.2) is 55.2 Å². The molecule has 37 heavy (non-hydrogen) atoms. The summed E-state index contributed by atoms with van der Waals surface area (Å²) in [4.78, 5) is 9.69. The molecule has 3 heterocycles. The van der Waals surface area contributed by atoms with Crippen LogP contribution in [-0.2, 0) is 24.1 Å². The van der Waals surface area contributed by atoms with Crippen LogP contribution in [0.1, 0.15) is 25.7 Å². The monoisotopic (exact) mass is 520 g/mol. The van der Waals surface area contributed by atoms with Gasteiger partial charge in [0.05, 0.1) is 18.6 Å². The van der Waals surface area contributed by atoms with Gasteiger partial charge in [0, 0.05) is 67.5 Å². The first-order chi connectivity index (χ1) is 17.7. The van der Waals surface area contributed by atoms with Crippen molar-refractivity contribution < 1.29 is 8.42 Å². The Balaban J connectivity index is 1.39. The predicted molar refractivity (Wildman–Crippen MR) is 144 cm³/mol. The van der Waals surface area contributed by atoms with E-state index in [9.17, 15) is 8.42 Å². The highest BCUT2D eigenvalue weighted by atomic mass is 32.2. The van der Waals surface area contributed by atoms with Crippen LogP contribution < -0.4 is 10.0 Å². The molecule has 1 fully saturated rings. The predicted octanol–water partition coefficient (Wildman–Crippen LogP) is 3.46. The summed E-state index contributed by atoms with van der Waals surface area (Å²) in [5.41, 5.74) is 4.88. The van der Waals surface area contributed by atoms with Gasteiger partial charge in [-0.1, -0.05) is 18.2 Å². The van der Waals surface area contributed by atoms with Crippen molar-refractivity contribution in [2.45, 2.75) is 31.7 Å². The number of aryl methyl sites for hydroxylation is 2. The summed E-state index contributed by atoms with van der Waals surface area (Å²) in [6.45, 7) is 0.497. The van der Waals surface area contributed by atoms with Crippen LogP contribution in [-0.4, -0.2) is 56.8 Å². The fourth-order valence-electron chi connectivity index (χ4n) is 4.78. The van der Waals surface area contributed by atoms with Gasteiger partial charge in [-0.3, -0.25) is 9.36 Å². The number of anilines is 1. The first-order valence-corrected chi connectivity index (χ1v) is 14.3. The summed E-state index contributed by atoms with van der Waals surface area (Å²) >= 11 is 0. The molecule has 0 unspecified atom stereocenters. The third-order valence-corrected chi connectivity index (χ3v) is 7.48. The van der Waals surface area contributed by atoms with Gasteiger partial charge in [0.25, 0.3) is 0 Å². The lowest BCUT2D eigenvalue weighted by Crippen LogP contribution is -2.33. The Labute approximate surface area is 217 Å². The summed E-state index contributed by atoms with van der Waals surface area (Å²) in [6, 6.07) is 8.41. The van der Waals surface area contributed by atoms with Crippen molar-refractivity contribution in [1.29, 1.82) is 0 Å². The topological polar surface area (TPSA) is 120 Å². The molecule has 5 rings (SSSR count). The summed E-state index contributed by atoms with van der Waals surface area (Å²) in [5.74, 6) is 1.77. The highest BCUT2D eigenvalue weighted by Gasteiger charge is 2.24. The molecule has 11 heteroatoms. The maximum Gasteiger partial charge on any atom is 0.208 e. The number of benzene rings is 1. The van der Waals surface area contributed by atoms with E-state index in [4.69, 9.17) is 9.97 Å². The van der Waals surface area contributed by atoms with Gasteiger partial charge in [0.15, 0.2) is 5.82 Å². The molecule has 0 saturated heterocycles. The van der Waals surface area contributed by atoms with E-state index in [0.29, 0.717) is 18.3 Å². The summed E-state index contributed by atoms with van der Waals surface area (Å²) < 4.78 is 29.1. The lowest BCUT2D eigenvalue weighted by Gasteiger charge is -2.30. The molecule has 0 spiro atoms. The van der Waals surface area contributed by atoms with Crippen LogP contribution in [0.3, 0.4) is 0 Å². The third-order valence-electron chi connectivity index (χ3n) is 6.79. The number of nitrogens with zero attached hydrogens (tertiary/aromatic N) is 6. The molecule has 2 N–H and O–H groups in total. The molecule has 1 aromatic carbocycles. The van der Waals surface area contributed by atoms with E-state index in [2.05, 4.69) is 32.4 Å². The minimum absolute atomic E-state index is 0.245. The second kappa shape index (κ2) is 10.4. The molecular weight excluding hydrogens is 488 g/mol. The van der Waals surface area contributed by atoms with Crippen molar-refractivity contribution in [3.8, 4) is 33.6 Å². The van der Waals surface area contributed by atoms with E-state index in [-0.39, 0.29) is 6.04 Å². The highest BCUT2D eigenvalue weighted by Crippen LogP contribution is 2.32. The van der Waals surface area contributed by atoms with Gasteiger partial charge in [-0.2, -0.15) is 10.2 Å². The van der Waals surface area contributed by atoms with Crippen LogP contribution in [0.2, 0.25) is 0 Å². The number of rotatable bonds is 8. The smallest absolute Gasteiger partial charge is 0.208 e. The Kier molecular flexibility index (Phi) is 7.07. The van der Waals surface area contributed by atoms with E-state index in [1.54, 1.807) is 9.36 Å². The largest absolute Gasteiger partial charge is 0.367 e. The summed E-state index contributed by atoms with van der Waals surface area (Å²) in [5, 5.41) is 12.3. The minimum Gasteiger partial charge on any atom is -0.367 e. The maximum atomic E-state index is 11.5. The van der Waals surface area contributed by atoms with E-state index in [1.165, 1.54) is 6.26 Å². The van der Waals surface area contributed by atoms with Crippen LogP contribution in [0.5, 0.6) is 0 Å². The molecule has 1 saturated carbocycles. The van der Waals surface area contributed by atoms with Gasteiger partial charge < -0.3 is 5.32 Å². The van der Waals surface area contributed by atoms with Crippen molar-refractivity contribution in [1.82, 2.24) is 34.3 Å². The normalized spacial score (nSPS) is 18.1. The Morgan fingerprint density at radius 1 is 0.919 bits per heavy atom. The Bertz CT molecular complexity index is 1490. The van der Waals surface area contributed by atoms with Crippen molar-refractivity contribution in [2.24, 2.45) is 20.0 Å². The van der Waals surface area contributed by atoms with Gasteiger partial charge in [-0.25, -0.2) is 23.1 Å². The second-order valence-corrected chi connectivity index (χ2v) is 11.7. The van der Waals surface area contributed by atoms with Crippen LogP contribution in [0.25, 0.3) is 33.6 Å². The molecule has 194 valence electrons. The van der Waals surface area contributed by atoms with Gasteiger partial charge in [-0.05, 0) is 43.2 Å². The molecule has 3 aromatic heterocycles. The van der Waals surface area contributed by atoms with Gasteiger partial charge in [-0.15, -0.1) is 0 Å². The van der Waals surface area contributed by atoms with E-state index < -0.39 is 10.0 Å². The second-order valence-electron chi connectivity index (χ2n) is 9.82. The molecular formula is C26H32N8O2S. The zero-order valence-corrected chi connectivity index (χ0v) is 22.1. The molecule has 0 bridgehead atoms. The van der Waals surface area contributed by atoms with Crippen molar-refractivity contribution >= 4 is 15.8 Å². The fourth-order valence-corrected chi connectivity index (χ4v) is 5.32. The Morgan fingerprint density at radius 3 is 2.24 bits per heavy atom. The fraction of sp³-hybridized carbons (Fsp3) is 0.385. The van der Waals surface area contributed by atoms with Crippen molar-refractivity contribution in [2.75, 3.05) is 18.1 Å². The number of nitrogens with one attached hydrogen (secondary N) is 2. The third kappa shape index (κ3) is 6.23. The Hall–Kier alpha value is -3.57. The number of aromatic nitrogens is 6. The standard InChI is InChI=1S/C26H32N8O2S/c1-33-16-21(13-28-33)19-5-4-6-20(11-19)25-27-15-24(22-14-29-34(2)17-22)26(32-25)31-23-9-7-18(8-10-23)12-30-37(3,35)36/h4-6,11,13-18,23,30H,7-10,12H2,1-3H3,(H,27,31,32)/t18-,23+. The van der Waals surface area contributed by atoms with Gasteiger partial charge in [0.2, 0.25) is 10.0 Å². The summed E-state index contributed by atoms with van der Waals surface area (Å²) in [6.07, 6.45) is 14.5. The molecule has 0 radical (unpaired) electrons. The lowest BCUT2D eigenvalue weighted by molar-refractivity contribution is 0.337. The molecule has 1 aliphatic carbocycles. The molecule has 0 amide bonds. The SMILES string of the molecule is Cn1cc(-c2cccc(-c3ncc(-c4cnn(C)c4)c(N[C@H]4CC[C@@H](CNS(C)(=O)=O)CC4)n3)c2)cn1. The summed E-state index contributed by atoms with van der Waals surface area (Å²) in [7, 11) is 0.629. The van der Waals surface area contributed by atoms with Gasteiger partial charge in [0.1, 0.15) is 5.82 Å². The average Bonchev–Trinajstić information content (AvgIpc) is 3.51. The highest BCUT2D eigenvalue weighted by molar-refractivity contribution is 7.88. The van der Waals surface area contributed by atoms with Gasteiger partial charge >= 0.3 is 0 Å².